The van der Waals surface area contributed by atoms with Gasteiger partial charge in [0.25, 0.3) is 5.91 Å². The van der Waals surface area contributed by atoms with Crippen molar-refractivity contribution in [3.05, 3.63) is 64.7 Å². The number of hydrogen-bond acceptors (Lipinski definition) is 6. The van der Waals surface area contributed by atoms with Gasteiger partial charge >= 0.3 is 5.76 Å². The maximum absolute atomic E-state index is 12.4. The lowest BCUT2D eigenvalue weighted by Gasteiger charge is -2.09. The number of carbonyl (C=O) groups excluding carboxylic acids is 1. The molecule has 0 unspecified atom stereocenters. The third-order valence-corrected chi connectivity index (χ3v) is 4.38. The van der Waals surface area contributed by atoms with Crippen LogP contribution in [0.25, 0.3) is 22.4 Å². The highest BCUT2D eigenvalue weighted by Crippen LogP contribution is 2.16. The molecule has 3 heterocycles. The number of H-pyrrole nitrogens is 1. The SMILES string of the molecule is CCc1nc2ccccc2n1CCNC(=O)c1ccc(-c2noc(=O)[nH]2)cn1. The quantitative estimate of drug-likeness (QED) is 0.528. The predicted molar refractivity (Wildman–Crippen MR) is 102 cm³/mol. The second kappa shape index (κ2) is 7.47. The van der Waals surface area contributed by atoms with Crippen LogP contribution in [0.4, 0.5) is 0 Å². The molecule has 4 rings (SSSR count). The average Bonchev–Trinajstić information content (AvgIpc) is 3.31. The van der Waals surface area contributed by atoms with E-state index in [2.05, 4.69) is 41.4 Å². The van der Waals surface area contributed by atoms with Gasteiger partial charge in [-0.1, -0.05) is 24.2 Å². The highest BCUT2D eigenvalue weighted by molar-refractivity contribution is 5.92. The first-order valence-corrected chi connectivity index (χ1v) is 8.90. The summed E-state index contributed by atoms with van der Waals surface area (Å²) < 4.78 is 6.58. The zero-order chi connectivity index (χ0) is 19.5. The van der Waals surface area contributed by atoms with E-state index in [1.165, 1.54) is 6.20 Å². The van der Waals surface area contributed by atoms with Crippen molar-refractivity contribution in [2.45, 2.75) is 19.9 Å². The molecule has 142 valence electrons. The fourth-order valence-corrected chi connectivity index (χ4v) is 3.04. The van der Waals surface area contributed by atoms with Gasteiger partial charge in [-0.3, -0.25) is 19.3 Å². The summed E-state index contributed by atoms with van der Waals surface area (Å²) in [5, 5.41) is 6.46. The number of rotatable bonds is 6. The van der Waals surface area contributed by atoms with E-state index < -0.39 is 5.76 Å². The zero-order valence-corrected chi connectivity index (χ0v) is 15.2. The van der Waals surface area contributed by atoms with E-state index in [4.69, 9.17) is 0 Å². The molecule has 28 heavy (non-hydrogen) atoms. The molecule has 4 aromatic rings. The number of carbonyl (C=O) groups is 1. The Balaban J connectivity index is 1.42. The van der Waals surface area contributed by atoms with Crippen LogP contribution in [0.15, 0.2) is 51.9 Å². The van der Waals surface area contributed by atoms with Crippen LogP contribution in [0.3, 0.4) is 0 Å². The number of nitrogens with one attached hydrogen (secondary N) is 2. The molecule has 0 radical (unpaired) electrons. The number of imidazole rings is 1. The first-order valence-electron chi connectivity index (χ1n) is 8.90. The van der Waals surface area contributed by atoms with Gasteiger partial charge in [0.1, 0.15) is 11.5 Å². The molecule has 1 aromatic carbocycles. The Morgan fingerprint density at radius 2 is 2.11 bits per heavy atom. The van der Waals surface area contributed by atoms with Crippen LogP contribution < -0.4 is 11.1 Å². The van der Waals surface area contributed by atoms with Crippen molar-refractivity contribution in [1.82, 2.24) is 30.0 Å². The Labute approximate surface area is 159 Å². The van der Waals surface area contributed by atoms with E-state index in [1.54, 1.807) is 12.1 Å². The predicted octanol–water partition coefficient (Wildman–Crippen LogP) is 1.77. The number of aromatic nitrogens is 5. The van der Waals surface area contributed by atoms with E-state index >= 15 is 0 Å². The third-order valence-electron chi connectivity index (χ3n) is 4.38. The lowest BCUT2D eigenvalue weighted by atomic mass is 10.2. The molecule has 9 nitrogen and oxygen atoms in total. The summed E-state index contributed by atoms with van der Waals surface area (Å²) in [4.78, 5) is 34.5. The van der Waals surface area contributed by atoms with Gasteiger partial charge in [0.15, 0.2) is 5.82 Å². The first-order chi connectivity index (χ1) is 13.7. The summed E-state index contributed by atoms with van der Waals surface area (Å²) in [6, 6.07) is 11.2. The summed E-state index contributed by atoms with van der Waals surface area (Å²) >= 11 is 0. The van der Waals surface area contributed by atoms with Gasteiger partial charge in [-0.2, -0.15) is 0 Å². The molecule has 0 atom stereocenters. The molecule has 0 aliphatic rings. The molecular formula is C19H18N6O3. The number of hydrogen-bond donors (Lipinski definition) is 2. The number of para-hydroxylation sites is 2. The van der Waals surface area contributed by atoms with Crippen molar-refractivity contribution in [3.8, 4) is 11.4 Å². The summed E-state index contributed by atoms with van der Waals surface area (Å²) in [6.45, 7) is 3.13. The molecular weight excluding hydrogens is 360 g/mol. The van der Waals surface area contributed by atoms with Crippen LogP contribution in [0.2, 0.25) is 0 Å². The van der Waals surface area contributed by atoms with Crippen molar-refractivity contribution in [1.29, 1.82) is 0 Å². The number of amides is 1. The maximum atomic E-state index is 12.4. The molecule has 0 aliphatic carbocycles. The van der Waals surface area contributed by atoms with Crippen molar-refractivity contribution in [2.24, 2.45) is 0 Å². The number of pyridine rings is 1. The topological polar surface area (TPSA) is 119 Å². The molecule has 0 saturated heterocycles. The monoisotopic (exact) mass is 378 g/mol. The number of aromatic amines is 1. The van der Waals surface area contributed by atoms with Crippen LogP contribution in [0.1, 0.15) is 23.2 Å². The first kappa shape index (κ1) is 17.7. The van der Waals surface area contributed by atoms with Crippen molar-refractivity contribution < 1.29 is 9.32 Å². The summed E-state index contributed by atoms with van der Waals surface area (Å²) in [5.74, 6) is 0.334. The Kier molecular flexibility index (Phi) is 4.71. The Morgan fingerprint density at radius 1 is 1.25 bits per heavy atom. The van der Waals surface area contributed by atoms with Gasteiger partial charge in [-0.15, -0.1) is 0 Å². The molecule has 2 N–H and O–H groups in total. The Morgan fingerprint density at radius 3 is 2.82 bits per heavy atom. The number of benzene rings is 1. The van der Waals surface area contributed by atoms with Crippen LogP contribution in [0, 0.1) is 0 Å². The van der Waals surface area contributed by atoms with E-state index in [0.717, 1.165) is 23.3 Å². The molecule has 0 aliphatic heterocycles. The number of fused-ring (bicyclic) bond motifs is 1. The summed E-state index contributed by atoms with van der Waals surface area (Å²) in [5.41, 5.74) is 2.84. The fraction of sp³-hybridized carbons (Fsp3) is 0.211. The number of nitrogens with zero attached hydrogens (tertiary/aromatic N) is 4. The van der Waals surface area contributed by atoms with Crippen LogP contribution in [-0.2, 0) is 13.0 Å². The lowest BCUT2D eigenvalue weighted by molar-refractivity contribution is 0.0947. The second-order valence-electron chi connectivity index (χ2n) is 6.15. The minimum absolute atomic E-state index is 0.267. The zero-order valence-electron chi connectivity index (χ0n) is 15.2. The molecule has 0 saturated carbocycles. The van der Waals surface area contributed by atoms with Gasteiger partial charge in [-0.05, 0) is 24.3 Å². The minimum Gasteiger partial charge on any atom is -0.349 e. The number of aryl methyl sites for hydroxylation is 1. The summed E-state index contributed by atoms with van der Waals surface area (Å²) in [6.07, 6.45) is 2.27. The largest absolute Gasteiger partial charge is 0.439 e. The van der Waals surface area contributed by atoms with Crippen molar-refractivity contribution in [2.75, 3.05) is 6.54 Å². The van der Waals surface area contributed by atoms with Gasteiger partial charge < -0.3 is 9.88 Å². The van der Waals surface area contributed by atoms with E-state index in [9.17, 15) is 9.59 Å². The highest BCUT2D eigenvalue weighted by Gasteiger charge is 2.11. The van der Waals surface area contributed by atoms with Gasteiger partial charge in [0.2, 0.25) is 0 Å². The second-order valence-corrected chi connectivity index (χ2v) is 6.15. The van der Waals surface area contributed by atoms with Gasteiger partial charge in [0, 0.05) is 31.3 Å². The van der Waals surface area contributed by atoms with E-state index in [0.29, 0.717) is 18.7 Å². The van der Waals surface area contributed by atoms with Gasteiger partial charge in [0.05, 0.1) is 11.0 Å². The average molecular weight is 378 g/mol. The van der Waals surface area contributed by atoms with Crippen LogP contribution in [-0.4, -0.2) is 37.1 Å². The van der Waals surface area contributed by atoms with Crippen LogP contribution >= 0.6 is 0 Å². The van der Waals surface area contributed by atoms with Crippen molar-refractivity contribution >= 4 is 16.9 Å². The molecule has 0 spiro atoms. The van der Waals surface area contributed by atoms with Crippen molar-refractivity contribution in [3.63, 3.8) is 0 Å². The van der Waals surface area contributed by atoms with E-state index in [1.807, 2.05) is 24.3 Å². The fourth-order valence-electron chi connectivity index (χ4n) is 3.04. The molecule has 1 amide bonds. The standard InChI is InChI=1S/C19H18N6O3/c1-2-16-22-13-5-3-4-6-15(13)25(16)10-9-20-18(26)14-8-7-12(11-21-14)17-23-19(27)28-24-17/h3-8,11H,2,9-10H2,1H3,(H,20,26)(H,23,24,27). The molecule has 0 bridgehead atoms. The Hall–Kier alpha value is -3.75. The third kappa shape index (κ3) is 3.41. The smallest absolute Gasteiger partial charge is 0.349 e. The molecule has 0 fully saturated rings. The maximum Gasteiger partial charge on any atom is 0.439 e. The highest BCUT2D eigenvalue weighted by atomic mass is 16.5. The lowest BCUT2D eigenvalue weighted by Crippen LogP contribution is -2.28. The minimum atomic E-state index is -0.643. The normalized spacial score (nSPS) is 11.0. The summed E-state index contributed by atoms with van der Waals surface area (Å²) in [7, 11) is 0. The van der Waals surface area contributed by atoms with Gasteiger partial charge in [-0.25, -0.2) is 9.78 Å². The van der Waals surface area contributed by atoms with E-state index in [-0.39, 0.29) is 17.4 Å². The van der Waals surface area contributed by atoms with Crippen LogP contribution in [0.5, 0.6) is 0 Å². The molecule has 9 heteroatoms. The molecule has 3 aromatic heterocycles. The Bertz CT molecular complexity index is 1170.